The quantitative estimate of drug-likeness (QED) is 0.482. The number of thiazole rings is 1. The zero-order chi connectivity index (χ0) is 20.2. The summed E-state index contributed by atoms with van der Waals surface area (Å²) in [7, 11) is 1.65. The van der Waals surface area contributed by atoms with E-state index < -0.39 is 0 Å². The Hall–Kier alpha value is -2.09. The second-order valence-corrected chi connectivity index (χ2v) is 9.18. The molecule has 7 heteroatoms. The third-order valence-corrected chi connectivity index (χ3v) is 6.82. The number of carbonyl (C=O) groups is 1. The fourth-order valence-corrected chi connectivity index (χ4v) is 5.05. The molecule has 4 rings (SSSR count). The number of anilines is 1. The summed E-state index contributed by atoms with van der Waals surface area (Å²) in [6.07, 6.45) is 2.05. The number of hydrogen-bond donors (Lipinski definition) is 0. The molecule has 2 aromatic carbocycles. The Kier molecular flexibility index (Phi) is 6.37. The molecule has 0 N–H and O–H groups in total. The van der Waals surface area contributed by atoms with Crippen molar-refractivity contribution in [1.82, 2.24) is 4.98 Å². The van der Waals surface area contributed by atoms with Crippen molar-refractivity contribution in [3.63, 3.8) is 0 Å². The highest BCUT2D eigenvalue weighted by Gasteiger charge is 2.27. The lowest BCUT2D eigenvalue weighted by molar-refractivity contribution is 0.0917. The normalized spacial score (nSPS) is 16.3. The summed E-state index contributed by atoms with van der Waals surface area (Å²) in [6, 6.07) is 13.6. The summed E-state index contributed by atoms with van der Waals surface area (Å²) in [5.74, 6) is 1.75. The smallest absolute Gasteiger partial charge is 0.260 e. The molecule has 1 fully saturated rings. The molecule has 1 aliphatic heterocycles. The van der Waals surface area contributed by atoms with E-state index in [-0.39, 0.29) is 12.0 Å². The molecule has 0 spiro atoms. The number of aromatic nitrogens is 1. The number of nitrogens with zero attached hydrogens (tertiary/aromatic N) is 2. The lowest BCUT2D eigenvalue weighted by Crippen LogP contribution is -2.37. The van der Waals surface area contributed by atoms with E-state index in [9.17, 15) is 4.79 Å². The first-order chi connectivity index (χ1) is 14.2. The largest absolute Gasteiger partial charge is 0.497 e. The molecule has 1 unspecified atom stereocenters. The molecule has 3 aromatic rings. The van der Waals surface area contributed by atoms with Crippen molar-refractivity contribution in [2.75, 3.05) is 30.9 Å². The topological polar surface area (TPSA) is 51.7 Å². The lowest BCUT2D eigenvalue weighted by atomic mass is 10.2. The van der Waals surface area contributed by atoms with E-state index in [1.165, 1.54) is 16.2 Å². The van der Waals surface area contributed by atoms with Crippen molar-refractivity contribution < 1.29 is 14.3 Å². The molecule has 1 atom stereocenters. The molecular weight excluding hydrogens is 404 g/mol. The first kappa shape index (κ1) is 20.2. The number of amides is 1. The molecule has 29 heavy (non-hydrogen) atoms. The molecule has 152 valence electrons. The van der Waals surface area contributed by atoms with E-state index in [0.29, 0.717) is 17.2 Å². The van der Waals surface area contributed by atoms with Crippen molar-refractivity contribution in [2.24, 2.45) is 0 Å². The molecule has 0 bridgehead atoms. The Labute approximate surface area is 179 Å². The average Bonchev–Trinajstić information content (AvgIpc) is 3.41. The Balaban J connectivity index is 1.66. The Bertz CT molecular complexity index is 981. The van der Waals surface area contributed by atoms with Crippen molar-refractivity contribution in [3.8, 4) is 5.75 Å². The van der Waals surface area contributed by atoms with Crippen LogP contribution in [0.1, 0.15) is 30.1 Å². The van der Waals surface area contributed by atoms with Crippen LogP contribution in [0.5, 0.6) is 5.75 Å². The van der Waals surface area contributed by atoms with Crippen LogP contribution in [0.25, 0.3) is 10.2 Å². The van der Waals surface area contributed by atoms with Gasteiger partial charge in [-0.05, 0) is 61.1 Å². The predicted octanol–water partition coefficient (Wildman–Crippen LogP) is 5.24. The fraction of sp³-hybridized carbons (Fsp3) is 0.364. The van der Waals surface area contributed by atoms with Gasteiger partial charge in [0.25, 0.3) is 5.91 Å². The third kappa shape index (κ3) is 4.57. The van der Waals surface area contributed by atoms with E-state index in [1.807, 2.05) is 42.5 Å². The van der Waals surface area contributed by atoms with Gasteiger partial charge in [0.2, 0.25) is 0 Å². The second-order valence-electron chi connectivity index (χ2n) is 6.84. The van der Waals surface area contributed by atoms with Gasteiger partial charge in [-0.25, -0.2) is 4.98 Å². The summed E-state index contributed by atoms with van der Waals surface area (Å²) < 4.78 is 12.1. The van der Waals surface area contributed by atoms with Crippen LogP contribution in [0.15, 0.2) is 47.4 Å². The highest BCUT2D eigenvalue weighted by Crippen LogP contribution is 2.33. The van der Waals surface area contributed by atoms with Gasteiger partial charge in [0.15, 0.2) is 5.13 Å². The van der Waals surface area contributed by atoms with Gasteiger partial charge in [-0.2, -0.15) is 0 Å². The standard InChI is InChI=1S/C22H24N2O3S2/c1-3-28-18-9-6-15(7-10-18)21(25)24(14-17-5-4-12-27-17)22-23-19-11-8-16(26-2)13-20(19)29-22/h6-11,13,17H,3-5,12,14H2,1-2H3. The predicted molar refractivity (Wildman–Crippen MR) is 120 cm³/mol. The molecule has 1 amide bonds. The number of ether oxygens (including phenoxy) is 2. The van der Waals surface area contributed by atoms with Crippen LogP contribution in [-0.4, -0.2) is 43.0 Å². The van der Waals surface area contributed by atoms with Gasteiger partial charge in [-0.3, -0.25) is 9.69 Å². The van der Waals surface area contributed by atoms with E-state index in [0.717, 1.165) is 41.2 Å². The zero-order valence-corrected chi connectivity index (χ0v) is 18.2. The Morgan fingerprint density at radius 3 is 2.83 bits per heavy atom. The van der Waals surface area contributed by atoms with Gasteiger partial charge in [-0.1, -0.05) is 18.3 Å². The van der Waals surface area contributed by atoms with Crippen molar-refractivity contribution in [3.05, 3.63) is 48.0 Å². The molecular formula is C22H24N2O3S2. The fourth-order valence-electron chi connectivity index (χ4n) is 3.39. The number of fused-ring (bicyclic) bond motifs is 1. The van der Waals surface area contributed by atoms with E-state index in [1.54, 1.807) is 23.8 Å². The van der Waals surface area contributed by atoms with Crippen LogP contribution in [0.4, 0.5) is 5.13 Å². The minimum Gasteiger partial charge on any atom is -0.497 e. The SMILES string of the molecule is CCSc1ccc(C(=O)N(CC2CCCO2)c2nc3ccc(OC)cc3s2)cc1. The van der Waals surface area contributed by atoms with E-state index in [4.69, 9.17) is 14.5 Å². The van der Waals surface area contributed by atoms with Crippen LogP contribution in [0.2, 0.25) is 0 Å². The summed E-state index contributed by atoms with van der Waals surface area (Å²) in [4.78, 5) is 21.1. The molecule has 0 saturated carbocycles. The summed E-state index contributed by atoms with van der Waals surface area (Å²) in [6.45, 7) is 3.39. The Morgan fingerprint density at radius 1 is 1.31 bits per heavy atom. The molecule has 0 aliphatic carbocycles. The maximum atomic E-state index is 13.4. The first-order valence-electron chi connectivity index (χ1n) is 9.79. The summed E-state index contributed by atoms with van der Waals surface area (Å²) in [5, 5.41) is 0.695. The third-order valence-electron chi connectivity index (χ3n) is 4.88. The monoisotopic (exact) mass is 428 g/mol. The number of thioether (sulfide) groups is 1. The molecule has 1 saturated heterocycles. The minimum atomic E-state index is -0.0421. The molecule has 0 radical (unpaired) electrons. The van der Waals surface area contributed by atoms with Crippen LogP contribution < -0.4 is 9.64 Å². The molecule has 5 nitrogen and oxygen atoms in total. The first-order valence-corrected chi connectivity index (χ1v) is 11.6. The van der Waals surface area contributed by atoms with Gasteiger partial charge in [0, 0.05) is 17.1 Å². The van der Waals surface area contributed by atoms with Gasteiger partial charge in [0.1, 0.15) is 5.75 Å². The van der Waals surface area contributed by atoms with Crippen LogP contribution >= 0.6 is 23.1 Å². The van der Waals surface area contributed by atoms with Crippen LogP contribution in [0, 0.1) is 0 Å². The van der Waals surface area contributed by atoms with Gasteiger partial charge < -0.3 is 9.47 Å². The number of benzene rings is 2. The maximum absolute atomic E-state index is 13.4. The number of rotatable bonds is 7. The van der Waals surface area contributed by atoms with Crippen molar-refractivity contribution in [1.29, 1.82) is 0 Å². The minimum absolute atomic E-state index is 0.0421. The highest BCUT2D eigenvalue weighted by molar-refractivity contribution is 7.99. The highest BCUT2D eigenvalue weighted by atomic mass is 32.2. The summed E-state index contributed by atoms with van der Waals surface area (Å²) in [5.41, 5.74) is 1.53. The summed E-state index contributed by atoms with van der Waals surface area (Å²) >= 11 is 3.27. The second kappa shape index (κ2) is 9.15. The zero-order valence-electron chi connectivity index (χ0n) is 16.6. The van der Waals surface area contributed by atoms with Crippen LogP contribution in [0.3, 0.4) is 0 Å². The van der Waals surface area contributed by atoms with Crippen molar-refractivity contribution >= 4 is 44.4 Å². The van der Waals surface area contributed by atoms with Gasteiger partial charge in [0.05, 0.1) is 30.0 Å². The van der Waals surface area contributed by atoms with E-state index in [2.05, 4.69) is 6.92 Å². The number of methoxy groups -OCH3 is 1. The lowest BCUT2D eigenvalue weighted by Gasteiger charge is -2.23. The molecule has 2 heterocycles. The maximum Gasteiger partial charge on any atom is 0.260 e. The van der Waals surface area contributed by atoms with Gasteiger partial charge in [-0.15, -0.1) is 11.8 Å². The molecule has 1 aliphatic rings. The molecule has 1 aromatic heterocycles. The number of hydrogen-bond acceptors (Lipinski definition) is 6. The average molecular weight is 429 g/mol. The Morgan fingerprint density at radius 2 is 2.14 bits per heavy atom. The number of carbonyl (C=O) groups excluding carboxylic acids is 1. The van der Waals surface area contributed by atoms with Crippen molar-refractivity contribution in [2.45, 2.75) is 30.8 Å². The van der Waals surface area contributed by atoms with E-state index >= 15 is 0 Å². The van der Waals surface area contributed by atoms with Gasteiger partial charge >= 0.3 is 0 Å². The van der Waals surface area contributed by atoms with Crippen LogP contribution in [-0.2, 0) is 4.74 Å².